The summed E-state index contributed by atoms with van der Waals surface area (Å²) in [4.78, 5) is 11.6. The minimum Gasteiger partial charge on any atom is -0.461 e. The number of hydrogen-bond donors (Lipinski definition) is 1. The van der Waals surface area contributed by atoms with Crippen LogP contribution in [0.5, 0.6) is 0 Å². The van der Waals surface area contributed by atoms with Crippen molar-refractivity contribution in [3.05, 3.63) is 35.9 Å². The molecule has 0 amide bonds. The van der Waals surface area contributed by atoms with E-state index in [1.165, 1.54) is 0 Å². The molecular weight excluding hydrogens is 204 g/mol. The van der Waals surface area contributed by atoms with E-state index in [2.05, 4.69) is 0 Å². The predicted octanol–water partition coefficient (Wildman–Crippen LogP) is 1.89. The molecule has 0 bridgehead atoms. The molecule has 1 N–H and O–H groups in total. The zero-order valence-corrected chi connectivity index (χ0v) is 9.13. The normalized spacial score (nSPS) is 24.3. The Bertz CT molecular complexity index is 347. The van der Waals surface area contributed by atoms with E-state index in [0.717, 1.165) is 12.0 Å². The molecule has 0 unspecified atom stereocenters. The van der Waals surface area contributed by atoms with Crippen molar-refractivity contribution in [3.63, 3.8) is 0 Å². The van der Waals surface area contributed by atoms with Crippen LogP contribution in [0.3, 0.4) is 0 Å². The van der Waals surface area contributed by atoms with Crippen LogP contribution in [-0.4, -0.2) is 17.2 Å². The summed E-state index contributed by atoms with van der Waals surface area (Å²) in [5.41, 5.74) is 0.995. The fourth-order valence-electron chi connectivity index (χ4n) is 2.02. The van der Waals surface area contributed by atoms with Gasteiger partial charge in [0.15, 0.2) is 0 Å². The van der Waals surface area contributed by atoms with Crippen LogP contribution < -0.4 is 0 Å². The molecule has 1 aromatic rings. The standard InChI is InChI=1S/C13H16O3/c14-12-7-6-11(8-12)13(15)16-9-10-4-2-1-3-5-10/h1-5,11-12,14H,6-9H2/t11-,12+/m1/s1. The molecule has 1 aliphatic carbocycles. The van der Waals surface area contributed by atoms with Gasteiger partial charge in [-0.15, -0.1) is 0 Å². The van der Waals surface area contributed by atoms with Gasteiger partial charge < -0.3 is 9.84 Å². The predicted molar refractivity (Wildman–Crippen MR) is 59.6 cm³/mol. The van der Waals surface area contributed by atoms with Gasteiger partial charge in [-0.2, -0.15) is 0 Å². The van der Waals surface area contributed by atoms with Crippen LogP contribution in [0.4, 0.5) is 0 Å². The molecule has 86 valence electrons. The third-order valence-corrected chi connectivity index (χ3v) is 2.96. The molecule has 0 radical (unpaired) electrons. The maximum atomic E-state index is 11.6. The Kier molecular flexibility index (Phi) is 3.57. The molecule has 16 heavy (non-hydrogen) atoms. The quantitative estimate of drug-likeness (QED) is 0.791. The monoisotopic (exact) mass is 220 g/mol. The van der Waals surface area contributed by atoms with Gasteiger partial charge >= 0.3 is 5.97 Å². The van der Waals surface area contributed by atoms with Crippen molar-refractivity contribution in [2.45, 2.75) is 32.0 Å². The number of rotatable bonds is 3. The van der Waals surface area contributed by atoms with Crippen molar-refractivity contribution >= 4 is 5.97 Å². The summed E-state index contributed by atoms with van der Waals surface area (Å²) in [5.74, 6) is -0.292. The molecule has 0 aliphatic heterocycles. The Morgan fingerprint density at radius 2 is 2.06 bits per heavy atom. The number of aliphatic hydroxyl groups is 1. The lowest BCUT2D eigenvalue weighted by atomic mass is 10.1. The molecule has 0 saturated heterocycles. The van der Waals surface area contributed by atoms with Crippen LogP contribution in [0.15, 0.2) is 30.3 Å². The summed E-state index contributed by atoms with van der Waals surface area (Å²) in [6.45, 7) is 0.326. The average Bonchev–Trinajstić information content (AvgIpc) is 2.74. The van der Waals surface area contributed by atoms with Gasteiger partial charge in [0.25, 0.3) is 0 Å². The van der Waals surface area contributed by atoms with E-state index in [1.807, 2.05) is 30.3 Å². The molecule has 1 aromatic carbocycles. The van der Waals surface area contributed by atoms with E-state index in [-0.39, 0.29) is 18.0 Å². The summed E-state index contributed by atoms with van der Waals surface area (Å²) in [5, 5.41) is 9.33. The third-order valence-electron chi connectivity index (χ3n) is 2.96. The minimum absolute atomic E-state index is 0.112. The maximum Gasteiger partial charge on any atom is 0.309 e. The molecule has 0 spiro atoms. The third kappa shape index (κ3) is 2.83. The number of carbonyl (C=O) groups excluding carboxylic acids is 1. The second kappa shape index (κ2) is 5.12. The number of hydrogen-bond acceptors (Lipinski definition) is 3. The first-order valence-corrected chi connectivity index (χ1v) is 5.64. The molecule has 0 heterocycles. The highest BCUT2D eigenvalue weighted by Crippen LogP contribution is 2.26. The van der Waals surface area contributed by atoms with Crippen molar-refractivity contribution < 1.29 is 14.6 Å². The van der Waals surface area contributed by atoms with Gasteiger partial charge in [0.1, 0.15) is 6.61 Å². The number of aliphatic hydroxyl groups excluding tert-OH is 1. The summed E-state index contributed by atoms with van der Waals surface area (Å²) >= 11 is 0. The van der Waals surface area contributed by atoms with Crippen molar-refractivity contribution in [2.24, 2.45) is 5.92 Å². The van der Waals surface area contributed by atoms with Crippen LogP contribution in [0.1, 0.15) is 24.8 Å². The summed E-state index contributed by atoms with van der Waals surface area (Å²) in [6.07, 6.45) is 1.68. The van der Waals surface area contributed by atoms with E-state index in [9.17, 15) is 9.90 Å². The number of ether oxygens (including phenoxy) is 1. The van der Waals surface area contributed by atoms with E-state index in [0.29, 0.717) is 19.4 Å². The van der Waals surface area contributed by atoms with Gasteiger partial charge in [-0.3, -0.25) is 4.79 Å². The summed E-state index contributed by atoms with van der Waals surface area (Å²) < 4.78 is 5.21. The SMILES string of the molecule is O=C(OCc1ccccc1)[C@@H]1CC[C@H](O)C1. The second-order valence-electron chi connectivity index (χ2n) is 4.26. The lowest BCUT2D eigenvalue weighted by molar-refractivity contribution is -0.149. The second-order valence-corrected chi connectivity index (χ2v) is 4.26. The molecule has 1 fully saturated rings. The first-order valence-electron chi connectivity index (χ1n) is 5.64. The van der Waals surface area contributed by atoms with Crippen molar-refractivity contribution in [3.8, 4) is 0 Å². The van der Waals surface area contributed by atoms with Gasteiger partial charge in [0.05, 0.1) is 12.0 Å². The van der Waals surface area contributed by atoms with Gasteiger partial charge in [0, 0.05) is 0 Å². The van der Waals surface area contributed by atoms with Gasteiger partial charge in [-0.1, -0.05) is 30.3 Å². The number of benzene rings is 1. The smallest absolute Gasteiger partial charge is 0.309 e. The molecule has 0 aromatic heterocycles. The Hall–Kier alpha value is -1.35. The van der Waals surface area contributed by atoms with Gasteiger partial charge in [0.2, 0.25) is 0 Å². The van der Waals surface area contributed by atoms with E-state index in [4.69, 9.17) is 4.74 Å². The van der Waals surface area contributed by atoms with Crippen LogP contribution >= 0.6 is 0 Å². The van der Waals surface area contributed by atoms with Gasteiger partial charge in [-0.05, 0) is 24.8 Å². The zero-order valence-electron chi connectivity index (χ0n) is 9.13. The highest BCUT2D eigenvalue weighted by molar-refractivity contribution is 5.72. The maximum absolute atomic E-state index is 11.6. The first-order chi connectivity index (χ1) is 7.75. The minimum atomic E-state index is -0.325. The highest BCUT2D eigenvalue weighted by atomic mass is 16.5. The van der Waals surface area contributed by atoms with Gasteiger partial charge in [-0.25, -0.2) is 0 Å². The van der Waals surface area contributed by atoms with E-state index >= 15 is 0 Å². The molecule has 2 rings (SSSR count). The molecular formula is C13H16O3. The Labute approximate surface area is 95.0 Å². The van der Waals surface area contributed by atoms with Crippen LogP contribution in [0.2, 0.25) is 0 Å². The fraction of sp³-hybridized carbons (Fsp3) is 0.462. The molecule has 1 aliphatic rings. The van der Waals surface area contributed by atoms with Crippen LogP contribution in [0.25, 0.3) is 0 Å². The van der Waals surface area contributed by atoms with Crippen LogP contribution in [-0.2, 0) is 16.1 Å². The lowest BCUT2D eigenvalue weighted by Gasteiger charge is -2.09. The highest BCUT2D eigenvalue weighted by Gasteiger charge is 2.29. The molecule has 3 heteroatoms. The lowest BCUT2D eigenvalue weighted by Crippen LogP contribution is -2.15. The van der Waals surface area contributed by atoms with Crippen LogP contribution in [0, 0.1) is 5.92 Å². The Morgan fingerprint density at radius 3 is 2.69 bits per heavy atom. The Balaban J connectivity index is 1.80. The van der Waals surface area contributed by atoms with E-state index in [1.54, 1.807) is 0 Å². The van der Waals surface area contributed by atoms with E-state index < -0.39 is 0 Å². The van der Waals surface area contributed by atoms with Crippen molar-refractivity contribution in [1.82, 2.24) is 0 Å². The van der Waals surface area contributed by atoms with Crippen molar-refractivity contribution in [2.75, 3.05) is 0 Å². The largest absolute Gasteiger partial charge is 0.461 e. The first kappa shape index (κ1) is 11.1. The molecule has 3 nitrogen and oxygen atoms in total. The number of esters is 1. The molecule has 2 atom stereocenters. The zero-order chi connectivity index (χ0) is 11.4. The Morgan fingerprint density at radius 1 is 1.31 bits per heavy atom. The summed E-state index contributed by atoms with van der Waals surface area (Å²) in [7, 11) is 0. The van der Waals surface area contributed by atoms with Crippen molar-refractivity contribution in [1.29, 1.82) is 0 Å². The molecule has 1 saturated carbocycles. The number of carbonyl (C=O) groups is 1. The summed E-state index contributed by atoms with van der Waals surface area (Å²) in [6, 6.07) is 9.62. The average molecular weight is 220 g/mol. The topological polar surface area (TPSA) is 46.5 Å². The fourth-order valence-corrected chi connectivity index (χ4v) is 2.02.